The Balaban J connectivity index is 1.26. The lowest BCUT2D eigenvalue weighted by Crippen LogP contribution is -2.33. The number of hydrogen-bond acceptors (Lipinski definition) is 4. The molecule has 1 aliphatic heterocycles. The number of hydrogen-bond donors (Lipinski definition) is 3. The SMILES string of the molecule is COc1ccc2[nH]cc(CCNC(=O)CC[C@@H]3NC(=O)N(c4ccccc4)C3=O)c2c1. The topological polar surface area (TPSA) is 104 Å². The molecule has 3 aromatic rings. The maximum Gasteiger partial charge on any atom is 0.329 e. The highest BCUT2D eigenvalue weighted by molar-refractivity contribution is 6.21. The Morgan fingerprint density at radius 1 is 1.16 bits per heavy atom. The summed E-state index contributed by atoms with van der Waals surface area (Å²) in [4.78, 5) is 41.3. The fourth-order valence-corrected chi connectivity index (χ4v) is 3.74. The molecule has 4 rings (SSSR count). The highest BCUT2D eigenvalue weighted by atomic mass is 16.5. The Morgan fingerprint density at radius 3 is 2.74 bits per heavy atom. The minimum Gasteiger partial charge on any atom is -0.497 e. The Labute approximate surface area is 179 Å². The molecule has 1 atom stereocenters. The van der Waals surface area contributed by atoms with Gasteiger partial charge < -0.3 is 20.4 Å². The van der Waals surface area contributed by atoms with Gasteiger partial charge in [0.05, 0.1) is 12.8 Å². The molecular weight excluding hydrogens is 396 g/mol. The quantitative estimate of drug-likeness (QED) is 0.488. The summed E-state index contributed by atoms with van der Waals surface area (Å²) in [6.07, 6.45) is 3.01. The lowest BCUT2D eigenvalue weighted by molar-refractivity contribution is -0.121. The van der Waals surface area contributed by atoms with Crippen LogP contribution in [0.1, 0.15) is 18.4 Å². The number of carbonyl (C=O) groups excluding carboxylic acids is 3. The third kappa shape index (κ3) is 4.37. The first-order chi connectivity index (χ1) is 15.1. The Kier molecular flexibility index (Phi) is 5.88. The Morgan fingerprint density at radius 2 is 1.97 bits per heavy atom. The van der Waals surface area contributed by atoms with Crippen LogP contribution in [0.25, 0.3) is 10.9 Å². The van der Waals surface area contributed by atoms with Gasteiger partial charge in [-0.25, -0.2) is 9.69 Å². The molecule has 4 amide bonds. The maximum atomic E-state index is 12.6. The van der Waals surface area contributed by atoms with Crippen LogP contribution in [0.4, 0.5) is 10.5 Å². The van der Waals surface area contributed by atoms with Gasteiger partial charge in [-0.2, -0.15) is 0 Å². The summed E-state index contributed by atoms with van der Waals surface area (Å²) in [5, 5.41) is 6.61. The number of amides is 4. The van der Waals surface area contributed by atoms with Crippen molar-refractivity contribution in [2.75, 3.05) is 18.6 Å². The van der Waals surface area contributed by atoms with E-state index in [2.05, 4.69) is 15.6 Å². The van der Waals surface area contributed by atoms with Crippen LogP contribution < -0.4 is 20.3 Å². The first-order valence-electron chi connectivity index (χ1n) is 10.2. The number of benzene rings is 2. The van der Waals surface area contributed by atoms with Crippen LogP contribution in [0.5, 0.6) is 5.75 Å². The number of nitrogens with zero attached hydrogens (tertiary/aromatic N) is 1. The zero-order valence-corrected chi connectivity index (χ0v) is 17.2. The van der Waals surface area contributed by atoms with Crippen molar-refractivity contribution >= 4 is 34.4 Å². The molecule has 1 aromatic heterocycles. The number of nitrogens with one attached hydrogen (secondary N) is 3. The van der Waals surface area contributed by atoms with E-state index in [1.54, 1.807) is 31.4 Å². The van der Waals surface area contributed by atoms with E-state index in [9.17, 15) is 14.4 Å². The maximum absolute atomic E-state index is 12.6. The van der Waals surface area contributed by atoms with Crippen molar-refractivity contribution in [2.24, 2.45) is 0 Å². The highest BCUT2D eigenvalue weighted by Crippen LogP contribution is 2.24. The lowest BCUT2D eigenvalue weighted by atomic mass is 10.1. The molecule has 0 spiro atoms. The average Bonchev–Trinajstić information content (AvgIpc) is 3.32. The van der Waals surface area contributed by atoms with Gasteiger partial charge in [-0.15, -0.1) is 0 Å². The normalized spacial score (nSPS) is 15.9. The second-order valence-corrected chi connectivity index (χ2v) is 7.38. The number of carbonyl (C=O) groups is 3. The summed E-state index contributed by atoms with van der Waals surface area (Å²) < 4.78 is 5.28. The van der Waals surface area contributed by atoms with Gasteiger partial charge in [0.25, 0.3) is 5.91 Å². The van der Waals surface area contributed by atoms with Crippen molar-refractivity contribution in [1.82, 2.24) is 15.6 Å². The van der Waals surface area contributed by atoms with E-state index in [0.29, 0.717) is 18.7 Å². The van der Waals surface area contributed by atoms with Gasteiger partial charge >= 0.3 is 6.03 Å². The van der Waals surface area contributed by atoms with Crippen LogP contribution in [0.15, 0.2) is 54.7 Å². The van der Waals surface area contributed by atoms with Crippen molar-refractivity contribution in [3.05, 3.63) is 60.3 Å². The van der Waals surface area contributed by atoms with Crippen molar-refractivity contribution in [3.63, 3.8) is 0 Å². The van der Waals surface area contributed by atoms with E-state index in [4.69, 9.17) is 4.74 Å². The molecule has 31 heavy (non-hydrogen) atoms. The number of aromatic nitrogens is 1. The van der Waals surface area contributed by atoms with Crippen molar-refractivity contribution in [2.45, 2.75) is 25.3 Å². The lowest BCUT2D eigenvalue weighted by Gasteiger charge is -2.12. The zero-order chi connectivity index (χ0) is 21.8. The molecule has 0 unspecified atom stereocenters. The molecule has 2 aromatic carbocycles. The molecule has 1 saturated heterocycles. The minimum absolute atomic E-state index is 0.154. The summed E-state index contributed by atoms with van der Waals surface area (Å²) in [6.45, 7) is 0.476. The monoisotopic (exact) mass is 420 g/mol. The first-order valence-corrected chi connectivity index (χ1v) is 10.2. The van der Waals surface area contributed by atoms with Gasteiger partial charge in [-0.1, -0.05) is 18.2 Å². The van der Waals surface area contributed by atoms with Crippen LogP contribution in [-0.4, -0.2) is 42.5 Å². The zero-order valence-electron chi connectivity index (χ0n) is 17.2. The summed E-state index contributed by atoms with van der Waals surface area (Å²) in [6, 6.07) is 13.4. The van der Waals surface area contributed by atoms with Gasteiger partial charge in [0.15, 0.2) is 0 Å². The molecule has 8 nitrogen and oxygen atoms in total. The summed E-state index contributed by atoms with van der Waals surface area (Å²) in [5.41, 5.74) is 2.62. The number of H-pyrrole nitrogens is 1. The van der Waals surface area contributed by atoms with E-state index >= 15 is 0 Å². The second-order valence-electron chi connectivity index (χ2n) is 7.38. The van der Waals surface area contributed by atoms with Crippen LogP contribution in [-0.2, 0) is 16.0 Å². The van der Waals surface area contributed by atoms with E-state index in [-0.39, 0.29) is 24.7 Å². The van der Waals surface area contributed by atoms with Gasteiger partial charge in [-0.3, -0.25) is 9.59 Å². The van der Waals surface area contributed by atoms with Crippen LogP contribution in [0.2, 0.25) is 0 Å². The van der Waals surface area contributed by atoms with Crippen molar-refractivity contribution in [1.29, 1.82) is 0 Å². The van der Waals surface area contributed by atoms with Gasteiger partial charge in [0, 0.05) is 30.1 Å². The summed E-state index contributed by atoms with van der Waals surface area (Å²) >= 11 is 0. The number of imide groups is 1. The molecule has 0 saturated carbocycles. The summed E-state index contributed by atoms with van der Waals surface area (Å²) in [5.74, 6) is 0.291. The molecule has 0 radical (unpaired) electrons. The fourth-order valence-electron chi connectivity index (χ4n) is 3.74. The number of methoxy groups -OCH3 is 1. The number of urea groups is 1. The predicted molar refractivity (Wildman–Crippen MR) is 117 cm³/mol. The third-order valence-electron chi connectivity index (χ3n) is 5.38. The van der Waals surface area contributed by atoms with Gasteiger partial charge in [0.1, 0.15) is 11.8 Å². The molecule has 2 heterocycles. The molecule has 8 heteroatoms. The van der Waals surface area contributed by atoms with E-state index < -0.39 is 12.1 Å². The van der Waals surface area contributed by atoms with E-state index in [0.717, 1.165) is 27.1 Å². The molecule has 0 aliphatic carbocycles. The predicted octanol–water partition coefficient (Wildman–Crippen LogP) is 2.74. The van der Waals surface area contributed by atoms with Crippen molar-refractivity contribution in [3.8, 4) is 5.75 Å². The standard InChI is InChI=1S/C23H24N4O4/c1-31-17-7-8-19-18(13-17)15(14-25-19)11-12-24-21(28)10-9-20-22(29)27(23(30)26-20)16-5-3-2-4-6-16/h2-8,13-14,20,25H,9-12H2,1H3,(H,24,28)(H,26,30)/t20-/m0/s1. The molecule has 1 fully saturated rings. The number of ether oxygens (including phenoxy) is 1. The van der Waals surface area contributed by atoms with Crippen LogP contribution >= 0.6 is 0 Å². The number of anilines is 1. The Hall–Kier alpha value is -3.81. The first kappa shape index (κ1) is 20.5. The smallest absolute Gasteiger partial charge is 0.329 e. The highest BCUT2D eigenvalue weighted by Gasteiger charge is 2.38. The number of aromatic amines is 1. The van der Waals surface area contributed by atoms with Crippen LogP contribution in [0, 0.1) is 0 Å². The second kappa shape index (κ2) is 8.91. The largest absolute Gasteiger partial charge is 0.497 e. The summed E-state index contributed by atoms with van der Waals surface area (Å²) in [7, 11) is 1.63. The number of para-hydroxylation sites is 1. The fraction of sp³-hybridized carbons (Fsp3) is 0.261. The number of rotatable bonds is 8. The molecule has 1 aliphatic rings. The molecule has 0 bridgehead atoms. The molecular formula is C23H24N4O4. The average molecular weight is 420 g/mol. The van der Waals surface area contributed by atoms with E-state index in [1.807, 2.05) is 30.5 Å². The molecule has 160 valence electrons. The molecule has 3 N–H and O–H groups in total. The van der Waals surface area contributed by atoms with Gasteiger partial charge in [-0.05, 0) is 48.7 Å². The third-order valence-corrected chi connectivity index (χ3v) is 5.38. The van der Waals surface area contributed by atoms with Crippen LogP contribution in [0.3, 0.4) is 0 Å². The minimum atomic E-state index is -0.695. The Bertz CT molecular complexity index is 1110. The van der Waals surface area contributed by atoms with Crippen molar-refractivity contribution < 1.29 is 19.1 Å². The van der Waals surface area contributed by atoms with E-state index in [1.165, 1.54) is 0 Å². The van der Waals surface area contributed by atoms with Gasteiger partial charge in [0.2, 0.25) is 5.91 Å². The number of fused-ring (bicyclic) bond motifs is 1.